The molecule has 10 heteroatoms. The van der Waals surface area contributed by atoms with Crippen LogP contribution in [0.15, 0.2) is 91.0 Å². The van der Waals surface area contributed by atoms with Crippen LogP contribution in [-0.2, 0) is 18.9 Å². The van der Waals surface area contributed by atoms with Crippen molar-refractivity contribution in [2.75, 3.05) is 6.61 Å². The van der Waals surface area contributed by atoms with Crippen molar-refractivity contribution in [3.05, 3.63) is 108 Å². The molecule has 0 spiro atoms. The van der Waals surface area contributed by atoms with E-state index in [1.54, 1.807) is 91.0 Å². The summed E-state index contributed by atoms with van der Waals surface area (Å²) in [4.78, 5) is 49.9. The van der Waals surface area contributed by atoms with E-state index < -0.39 is 48.5 Å². The van der Waals surface area contributed by atoms with Gasteiger partial charge in [-0.25, -0.2) is 19.2 Å². The van der Waals surface area contributed by atoms with E-state index in [4.69, 9.17) is 24.7 Å². The minimum absolute atomic E-state index is 0.229. The van der Waals surface area contributed by atoms with Gasteiger partial charge < -0.3 is 30.0 Å². The topological polar surface area (TPSA) is 143 Å². The monoisotopic (exact) mass is 504 g/mol. The molecular weight excluding hydrogens is 480 g/mol. The van der Waals surface area contributed by atoms with Crippen molar-refractivity contribution in [3.63, 3.8) is 0 Å². The van der Waals surface area contributed by atoms with Gasteiger partial charge in [0.2, 0.25) is 0 Å². The Kier molecular flexibility index (Phi) is 8.11. The van der Waals surface area contributed by atoms with Crippen LogP contribution in [0.2, 0.25) is 0 Å². The maximum absolute atomic E-state index is 12.9. The van der Waals surface area contributed by atoms with Crippen molar-refractivity contribution in [3.8, 4) is 0 Å². The van der Waals surface area contributed by atoms with Crippen molar-refractivity contribution in [1.29, 1.82) is 0 Å². The van der Waals surface area contributed by atoms with Crippen LogP contribution in [0.5, 0.6) is 0 Å². The average molecular weight is 504 g/mol. The van der Waals surface area contributed by atoms with E-state index in [-0.39, 0.29) is 17.7 Å². The number of carbonyl (C=O) groups is 4. The highest BCUT2D eigenvalue weighted by molar-refractivity contribution is 5.91. The summed E-state index contributed by atoms with van der Waals surface area (Å²) in [5, 5.41) is 2.35. The lowest BCUT2D eigenvalue weighted by atomic mass is 10.1. The van der Waals surface area contributed by atoms with Gasteiger partial charge in [0.25, 0.3) is 0 Å². The van der Waals surface area contributed by atoms with Gasteiger partial charge in [-0.2, -0.15) is 0 Å². The SMILES string of the molecule is NC(=O)N[C@@H]1O[C@H](COC(=O)c2ccccc2)[C@@H](OC(=O)c2ccccc2)[C@H]1OC(=O)c1ccccc1. The lowest BCUT2D eigenvalue weighted by Crippen LogP contribution is -2.49. The van der Waals surface area contributed by atoms with Crippen LogP contribution < -0.4 is 11.1 Å². The number of urea groups is 1. The molecule has 37 heavy (non-hydrogen) atoms. The van der Waals surface area contributed by atoms with Gasteiger partial charge in [0.05, 0.1) is 16.7 Å². The Balaban J connectivity index is 1.58. The van der Waals surface area contributed by atoms with Gasteiger partial charge in [0.1, 0.15) is 12.7 Å². The van der Waals surface area contributed by atoms with Crippen molar-refractivity contribution in [2.45, 2.75) is 24.5 Å². The van der Waals surface area contributed by atoms with Gasteiger partial charge >= 0.3 is 23.9 Å². The summed E-state index contributed by atoms with van der Waals surface area (Å²) in [7, 11) is 0. The van der Waals surface area contributed by atoms with Crippen LogP contribution in [0, 0.1) is 0 Å². The second-order valence-corrected chi connectivity index (χ2v) is 8.04. The van der Waals surface area contributed by atoms with Crippen LogP contribution in [0.1, 0.15) is 31.1 Å². The summed E-state index contributed by atoms with van der Waals surface area (Å²) in [6.07, 6.45) is -4.92. The zero-order valence-electron chi connectivity index (χ0n) is 19.5. The van der Waals surface area contributed by atoms with E-state index in [1.807, 2.05) is 0 Å². The Labute approximate surface area is 212 Å². The van der Waals surface area contributed by atoms with Gasteiger partial charge in [-0.3, -0.25) is 0 Å². The Hall–Kier alpha value is -4.70. The molecule has 0 bridgehead atoms. The first-order valence-electron chi connectivity index (χ1n) is 11.4. The Morgan fingerprint density at radius 3 is 1.57 bits per heavy atom. The average Bonchev–Trinajstić information content (AvgIpc) is 3.23. The van der Waals surface area contributed by atoms with Crippen molar-refractivity contribution in [1.82, 2.24) is 5.32 Å². The molecule has 3 N–H and O–H groups in total. The Morgan fingerprint density at radius 2 is 1.11 bits per heavy atom. The fourth-order valence-corrected chi connectivity index (χ4v) is 3.74. The summed E-state index contributed by atoms with van der Waals surface area (Å²) in [6, 6.07) is 23.6. The molecule has 0 aromatic heterocycles. The number of carbonyl (C=O) groups excluding carboxylic acids is 4. The van der Waals surface area contributed by atoms with E-state index in [2.05, 4.69) is 5.32 Å². The second kappa shape index (κ2) is 11.8. The molecule has 0 saturated carbocycles. The zero-order chi connectivity index (χ0) is 26.2. The van der Waals surface area contributed by atoms with Crippen LogP contribution in [-0.4, -0.2) is 55.1 Å². The fraction of sp³-hybridized carbons (Fsp3) is 0.185. The predicted octanol–water partition coefficient (Wildman–Crippen LogP) is 2.69. The molecule has 1 heterocycles. The summed E-state index contributed by atoms with van der Waals surface area (Å²) in [5.41, 5.74) is 6.06. The van der Waals surface area contributed by atoms with Gasteiger partial charge in [-0.05, 0) is 36.4 Å². The van der Waals surface area contributed by atoms with Gasteiger partial charge in [-0.15, -0.1) is 0 Å². The molecule has 3 aromatic carbocycles. The molecule has 4 rings (SSSR count). The number of nitrogens with one attached hydrogen (secondary N) is 1. The number of esters is 3. The van der Waals surface area contributed by atoms with Crippen LogP contribution >= 0.6 is 0 Å². The summed E-state index contributed by atoms with van der Waals surface area (Å²) in [5.74, 6) is -2.11. The number of rotatable bonds is 8. The van der Waals surface area contributed by atoms with Crippen LogP contribution in [0.3, 0.4) is 0 Å². The molecule has 10 nitrogen and oxygen atoms in total. The van der Waals surface area contributed by atoms with Crippen LogP contribution in [0.4, 0.5) is 4.79 Å². The molecule has 1 aliphatic rings. The minimum atomic E-state index is -1.30. The fourth-order valence-electron chi connectivity index (χ4n) is 3.74. The van der Waals surface area contributed by atoms with E-state index in [0.717, 1.165) is 0 Å². The molecule has 3 aromatic rings. The van der Waals surface area contributed by atoms with Crippen molar-refractivity contribution >= 4 is 23.9 Å². The molecule has 1 saturated heterocycles. The predicted molar refractivity (Wildman–Crippen MR) is 129 cm³/mol. The Bertz CT molecular complexity index is 1240. The molecule has 4 atom stereocenters. The third-order valence-electron chi connectivity index (χ3n) is 5.49. The number of hydrogen-bond donors (Lipinski definition) is 2. The van der Waals surface area contributed by atoms with Crippen molar-refractivity contribution in [2.24, 2.45) is 5.73 Å². The molecule has 190 valence electrons. The standard InChI is InChI=1S/C27H24N2O8/c28-27(33)29-23-22(37-26(32)19-14-8-3-9-15-19)21(36-25(31)18-12-6-2-7-13-18)20(35-23)16-34-24(30)17-10-4-1-5-11-17/h1-15,20-23H,16H2,(H3,28,29,33)/t20-,21-,22-,23-/m1/s1. The number of ether oxygens (including phenoxy) is 4. The molecule has 1 aliphatic heterocycles. The van der Waals surface area contributed by atoms with E-state index in [0.29, 0.717) is 5.56 Å². The first kappa shape index (κ1) is 25.4. The number of hydrogen-bond acceptors (Lipinski definition) is 8. The molecular formula is C27H24N2O8. The third-order valence-corrected chi connectivity index (χ3v) is 5.49. The maximum Gasteiger partial charge on any atom is 0.338 e. The molecule has 1 fully saturated rings. The smallest absolute Gasteiger partial charge is 0.338 e. The molecule has 0 radical (unpaired) electrons. The molecule has 2 amide bonds. The normalized spacial score (nSPS) is 20.4. The highest BCUT2D eigenvalue weighted by Gasteiger charge is 2.51. The number of benzene rings is 3. The molecule has 0 unspecified atom stereocenters. The Morgan fingerprint density at radius 1 is 0.676 bits per heavy atom. The van der Waals surface area contributed by atoms with E-state index in [9.17, 15) is 19.2 Å². The summed E-state index contributed by atoms with van der Waals surface area (Å²) < 4.78 is 22.5. The lowest BCUT2D eigenvalue weighted by molar-refractivity contribution is -0.0461. The lowest BCUT2D eigenvalue weighted by Gasteiger charge is -2.24. The van der Waals surface area contributed by atoms with Gasteiger partial charge in [0.15, 0.2) is 18.4 Å². The van der Waals surface area contributed by atoms with E-state index >= 15 is 0 Å². The number of primary amides is 1. The van der Waals surface area contributed by atoms with Crippen LogP contribution in [0.25, 0.3) is 0 Å². The van der Waals surface area contributed by atoms with Gasteiger partial charge in [0, 0.05) is 0 Å². The minimum Gasteiger partial charge on any atom is -0.459 e. The summed E-state index contributed by atoms with van der Waals surface area (Å²) in [6.45, 7) is -0.364. The van der Waals surface area contributed by atoms with E-state index in [1.165, 1.54) is 0 Å². The first-order chi connectivity index (χ1) is 17.9. The number of nitrogens with two attached hydrogens (primary N) is 1. The molecule has 0 aliphatic carbocycles. The van der Waals surface area contributed by atoms with Crippen molar-refractivity contribution < 1.29 is 38.1 Å². The number of amides is 2. The highest BCUT2D eigenvalue weighted by Crippen LogP contribution is 2.28. The zero-order valence-corrected chi connectivity index (χ0v) is 19.5. The van der Waals surface area contributed by atoms with Gasteiger partial charge in [-0.1, -0.05) is 54.6 Å². The largest absolute Gasteiger partial charge is 0.459 e. The maximum atomic E-state index is 12.9. The second-order valence-electron chi connectivity index (χ2n) is 8.04. The first-order valence-corrected chi connectivity index (χ1v) is 11.4. The summed E-state index contributed by atoms with van der Waals surface area (Å²) >= 11 is 0. The third kappa shape index (κ3) is 6.50. The highest BCUT2D eigenvalue weighted by atomic mass is 16.7. The quantitative estimate of drug-likeness (QED) is 0.352.